The molecule has 7 heteroatoms. The number of halogens is 1. The summed E-state index contributed by atoms with van der Waals surface area (Å²) in [5.41, 5.74) is 2.14. The minimum absolute atomic E-state index is 0.260. The Morgan fingerprint density at radius 2 is 2.27 bits per heavy atom. The molecule has 0 aliphatic carbocycles. The minimum Gasteiger partial charge on any atom is -0.304 e. The average Bonchev–Trinajstić information content (AvgIpc) is 2.89. The average molecular weight is 316 g/mol. The second-order valence-electron chi connectivity index (χ2n) is 4.79. The Morgan fingerprint density at radius 3 is 3.00 bits per heavy atom. The van der Waals surface area contributed by atoms with Gasteiger partial charge in [-0.25, -0.2) is 4.79 Å². The number of urea groups is 1. The molecule has 1 aromatic heterocycles. The number of allylic oxidation sites excluding steroid dienone is 1. The zero-order chi connectivity index (χ0) is 15.5. The van der Waals surface area contributed by atoms with Crippen LogP contribution in [0.1, 0.15) is 0 Å². The van der Waals surface area contributed by atoms with Gasteiger partial charge in [-0.15, -0.1) is 0 Å². The van der Waals surface area contributed by atoms with Crippen molar-refractivity contribution in [2.45, 2.75) is 0 Å². The van der Waals surface area contributed by atoms with Gasteiger partial charge in [-0.2, -0.15) is 5.10 Å². The molecule has 0 unspecified atom stereocenters. The number of nitrogens with one attached hydrogen (secondary N) is 1. The lowest BCUT2D eigenvalue weighted by Gasteiger charge is -2.18. The molecule has 0 radical (unpaired) electrons. The van der Waals surface area contributed by atoms with Crippen molar-refractivity contribution in [3.05, 3.63) is 47.8 Å². The molecule has 0 saturated heterocycles. The topological polar surface area (TPSA) is 62.5 Å². The third-order valence-corrected chi connectivity index (χ3v) is 3.36. The molecule has 0 bridgehead atoms. The fourth-order valence-electron chi connectivity index (χ4n) is 2.13. The van der Waals surface area contributed by atoms with Crippen molar-refractivity contribution in [1.82, 2.24) is 14.7 Å². The second kappa shape index (κ2) is 6.03. The van der Waals surface area contributed by atoms with Gasteiger partial charge in [0, 0.05) is 36.2 Å². The van der Waals surface area contributed by atoms with Crippen molar-refractivity contribution < 1.29 is 4.79 Å². The normalized spacial score (nSPS) is 13.5. The highest BCUT2D eigenvalue weighted by atomic mass is 35.5. The number of nitrogens with zero attached hydrogens (tertiary/aromatic N) is 4. The van der Waals surface area contributed by atoms with E-state index in [2.05, 4.69) is 15.4 Å². The molecule has 0 fully saturated rings. The Balaban J connectivity index is 1.87. The maximum Gasteiger partial charge on any atom is 0.327 e. The van der Waals surface area contributed by atoms with Gasteiger partial charge in [0.2, 0.25) is 0 Å². The number of anilines is 1. The molecule has 112 valence electrons. The van der Waals surface area contributed by atoms with Gasteiger partial charge >= 0.3 is 6.03 Å². The van der Waals surface area contributed by atoms with Crippen LogP contribution in [0.15, 0.2) is 47.7 Å². The standard InChI is InChI=1S/C15H14ClN5O/c1-20-9-13(18-15(22)21-7-3-6-17-10-21)14(19-20)11-4-2-5-12(16)8-11/h2-9H,10H2,1H3,(H,18,22). The summed E-state index contributed by atoms with van der Waals surface area (Å²) in [7, 11) is 1.80. The minimum atomic E-state index is -0.260. The molecule has 0 atom stereocenters. The maximum absolute atomic E-state index is 12.3. The summed E-state index contributed by atoms with van der Waals surface area (Å²) in [5, 5.41) is 7.87. The summed E-state index contributed by atoms with van der Waals surface area (Å²) in [6.45, 7) is 0.301. The number of aliphatic imine (C=N–C) groups is 1. The smallest absolute Gasteiger partial charge is 0.304 e. The Labute approximate surface area is 132 Å². The first-order chi connectivity index (χ1) is 10.6. The Hall–Kier alpha value is -2.60. The number of carbonyl (C=O) groups is 1. The molecule has 1 N–H and O–H groups in total. The number of amides is 2. The van der Waals surface area contributed by atoms with Crippen LogP contribution in [0.3, 0.4) is 0 Å². The lowest BCUT2D eigenvalue weighted by molar-refractivity contribution is 0.229. The van der Waals surface area contributed by atoms with Crippen LogP contribution in [0.4, 0.5) is 10.5 Å². The number of hydrogen-bond acceptors (Lipinski definition) is 3. The van der Waals surface area contributed by atoms with Gasteiger partial charge in [0.15, 0.2) is 0 Å². The van der Waals surface area contributed by atoms with Crippen molar-refractivity contribution in [2.75, 3.05) is 12.0 Å². The molecule has 0 spiro atoms. The Kier molecular flexibility index (Phi) is 3.93. The van der Waals surface area contributed by atoms with E-state index in [9.17, 15) is 4.79 Å². The Morgan fingerprint density at radius 1 is 1.41 bits per heavy atom. The molecule has 22 heavy (non-hydrogen) atoms. The zero-order valence-electron chi connectivity index (χ0n) is 11.9. The van der Waals surface area contributed by atoms with E-state index in [1.54, 1.807) is 42.5 Å². The highest BCUT2D eigenvalue weighted by Gasteiger charge is 2.16. The number of aryl methyl sites for hydroxylation is 1. The van der Waals surface area contributed by atoms with Crippen LogP contribution in [-0.2, 0) is 7.05 Å². The number of carbonyl (C=O) groups excluding carboxylic acids is 1. The van der Waals surface area contributed by atoms with E-state index in [-0.39, 0.29) is 6.03 Å². The molecule has 1 aliphatic rings. The van der Waals surface area contributed by atoms with Crippen LogP contribution >= 0.6 is 11.6 Å². The van der Waals surface area contributed by atoms with E-state index in [1.807, 2.05) is 18.2 Å². The van der Waals surface area contributed by atoms with Crippen molar-refractivity contribution in [3.63, 3.8) is 0 Å². The van der Waals surface area contributed by atoms with E-state index in [4.69, 9.17) is 11.6 Å². The molecule has 2 amide bonds. The van der Waals surface area contributed by atoms with Gasteiger partial charge in [0.1, 0.15) is 12.4 Å². The predicted octanol–water partition coefficient (Wildman–Crippen LogP) is 3.13. The molecule has 6 nitrogen and oxygen atoms in total. The van der Waals surface area contributed by atoms with Crippen molar-refractivity contribution in [1.29, 1.82) is 0 Å². The third-order valence-electron chi connectivity index (χ3n) is 3.12. The maximum atomic E-state index is 12.3. The fourth-order valence-corrected chi connectivity index (χ4v) is 2.32. The van der Waals surface area contributed by atoms with E-state index in [0.29, 0.717) is 23.1 Å². The summed E-state index contributed by atoms with van der Waals surface area (Å²) in [6.07, 6.45) is 6.80. The second-order valence-corrected chi connectivity index (χ2v) is 5.23. The zero-order valence-corrected chi connectivity index (χ0v) is 12.7. The van der Waals surface area contributed by atoms with Crippen molar-refractivity contribution in [2.24, 2.45) is 12.0 Å². The van der Waals surface area contributed by atoms with Crippen LogP contribution < -0.4 is 5.32 Å². The number of hydrogen-bond donors (Lipinski definition) is 1. The summed E-state index contributed by atoms with van der Waals surface area (Å²) in [4.78, 5) is 17.8. The van der Waals surface area contributed by atoms with Gasteiger partial charge in [-0.1, -0.05) is 23.7 Å². The predicted molar refractivity (Wildman–Crippen MR) is 87.0 cm³/mol. The number of benzene rings is 1. The first-order valence-corrected chi connectivity index (χ1v) is 7.05. The summed E-state index contributed by atoms with van der Waals surface area (Å²) >= 11 is 6.03. The monoisotopic (exact) mass is 315 g/mol. The highest BCUT2D eigenvalue weighted by molar-refractivity contribution is 6.30. The van der Waals surface area contributed by atoms with Gasteiger partial charge in [0.05, 0.1) is 5.69 Å². The third kappa shape index (κ3) is 3.01. The first-order valence-electron chi connectivity index (χ1n) is 6.67. The van der Waals surface area contributed by atoms with Crippen LogP contribution in [0.5, 0.6) is 0 Å². The molecule has 1 aromatic carbocycles. The van der Waals surface area contributed by atoms with E-state index in [0.717, 1.165) is 5.56 Å². The van der Waals surface area contributed by atoms with Gasteiger partial charge in [0.25, 0.3) is 0 Å². The van der Waals surface area contributed by atoms with Crippen LogP contribution in [0.2, 0.25) is 5.02 Å². The molecule has 1 aliphatic heterocycles. The largest absolute Gasteiger partial charge is 0.327 e. The van der Waals surface area contributed by atoms with Crippen LogP contribution in [0, 0.1) is 0 Å². The summed E-state index contributed by atoms with van der Waals surface area (Å²) < 4.78 is 1.65. The van der Waals surface area contributed by atoms with Gasteiger partial charge in [-0.05, 0) is 18.2 Å². The van der Waals surface area contributed by atoms with Gasteiger partial charge in [-0.3, -0.25) is 14.6 Å². The van der Waals surface area contributed by atoms with Crippen LogP contribution in [0.25, 0.3) is 11.3 Å². The number of aromatic nitrogens is 2. The molecular formula is C15H14ClN5O. The van der Waals surface area contributed by atoms with E-state index in [1.165, 1.54) is 4.90 Å². The quantitative estimate of drug-likeness (QED) is 0.925. The lowest BCUT2D eigenvalue weighted by Crippen LogP contribution is -2.31. The van der Waals surface area contributed by atoms with Gasteiger partial charge < -0.3 is 5.32 Å². The lowest BCUT2D eigenvalue weighted by atomic mass is 10.1. The van der Waals surface area contributed by atoms with Crippen molar-refractivity contribution in [3.8, 4) is 11.3 Å². The van der Waals surface area contributed by atoms with Crippen molar-refractivity contribution >= 4 is 29.5 Å². The fraction of sp³-hybridized carbons (Fsp3) is 0.133. The highest BCUT2D eigenvalue weighted by Crippen LogP contribution is 2.28. The molecular weight excluding hydrogens is 302 g/mol. The molecule has 0 saturated carbocycles. The Bertz CT molecular complexity index is 765. The SMILES string of the molecule is Cn1cc(NC(=O)N2C=CC=NC2)c(-c2cccc(Cl)c2)n1. The number of rotatable bonds is 2. The van der Waals surface area contributed by atoms with E-state index >= 15 is 0 Å². The van der Waals surface area contributed by atoms with Crippen LogP contribution in [-0.4, -0.2) is 33.6 Å². The summed E-state index contributed by atoms with van der Waals surface area (Å²) in [5.74, 6) is 0. The molecule has 2 heterocycles. The summed E-state index contributed by atoms with van der Waals surface area (Å²) in [6, 6.07) is 7.09. The molecule has 3 rings (SSSR count). The van der Waals surface area contributed by atoms with E-state index < -0.39 is 0 Å². The first kappa shape index (κ1) is 14.3. The molecule has 2 aromatic rings.